The van der Waals surface area contributed by atoms with E-state index in [9.17, 15) is 14.0 Å². The fourth-order valence-corrected chi connectivity index (χ4v) is 4.05. The lowest BCUT2D eigenvalue weighted by atomic mass is 10.1. The van der Waals surface area contributed by atoms with Crippen LogP contribution in [0.2, 0.25) is 0 Å². The zero-order valence-corrected chi connectivity index (χ0v) is 15.8. The molecule has 1 atom stereocenters. The Labute approximate surface area is 164 Å². The molecule has 0 spiro atoms. The van der Waals surface area contributed by atoms with E-state index in [1.807, 2.05) is 41.3 Å². The summed E-state index contributed by atoms with van der Waals surface area (Å²) in [5.74, 6) is -0.419. The highest BCUT2D eigenvalue weighted by Gasteiger charge is 2.42. The van der Waals surface area contributed by atoms with E-state index in [0.717, 1.165) is 5.56 Å². The number of carbonyl (C=O) groups excluding carboxylic acids is 2. The van der Waals surface area contributed by atoms with Gasteiger partial charge in [0, 0.05) is 32.7 Å². The second-order valence-corrected chi connectivity index (χ2v) is 7.31. The van der Waals surface area contributed by atoms with Gasteiger partial charge in [-0.25, -0.2) is 4.39 Å². The number of piperazine rings is 1. The predicted molar refractivity (Wildman–Crippen MR) is 105 cm³/mol. The molecule has 0 saturated carbocycles. The maximum absolute atomic E-state index is 14.0. The predicted octanol–water partition coefficient (Wildman–Crippen LogP) is 2.32. The number of carbonyl (C=O) groups is 2. The Balaban J connectivity index is 1.35. The van der Waals surface area contributed by atoms with Gasteiger partial charge < -0.3 is 4.90 Å². The summed E-state index contributed by atoms with van der Waals surface area (Å²) in [7, 11) is 0. The Hall–Kier alpha value is -2.73. The molecule has 4 rings (SSSR count). The largest absolute Gasteiger partial charge is 0.367 e. The third-order valence-corrected chi connectivity index (χ3v) is 5.64. The van der Waals surface area contributed by atoms with Crippen LogP contribution < -0.4 is 4.90 Å². The summed E-state index contributed by atoms with van der Waals surface area (Å²) in [4.78, 5) is 30.7. The standard InChI is InChI=1S/C22H24FN3O2/c23-18-8-4-5-9-19(18)24-12-14-25(15-13-24)20-16-21(27)26(22(20)28)11-10-17-6-2-1-3-7-17/h1-9,20H,10-16H2/t20-/m0/s1. The first kappa shape index (κ1) is 18.6. The molecule has 2 aliphatic heterocycles. The van der Waals surface area contributed by atoms with Crippen LogP contribution in [0.3, 0.4) is 0 Å². The van der Waals surface area contributed by atoms with Crippen molar-refractivity contribution in [2.75, 3.05) is 37.6 Å². The molecule has 2 aliphatic rings. The minimum atomic E-state index is -0.383. The van der Waals surface area contributed by atoms with Gasteiger partial charge in [0.2, 0.25) is 11.8 Å². The van der Waals surface area contributed by atoms with Crippen molar-refractivity contribution in [3.63, 3.8) is 0 Å². The zero-order chi connectivity index (χ0) is 19.5. The molecule has 2 heterocycles. The van der Waals surface area contributed by atoms with Gasteiger partial charge in [-0.05, 0) is 24.1 Å². The fourth-order valence-electron chi connectivity index (χ4n) is 4.05. The molecule has 0 N–H and O–H groups in total. The number of likely N-dealkylation sites (tertiary alicyclic amines) is 1. The molecule has 2 aromatic rings. The Morgan fingerprint density at radius 1 is 0.893 bits per heavy atom. The van der Waals surface area contributed by atoms with Crippen LogP contribution in [0.4, 0.5) is 10.1 Å². The Bertz CT molecular complexity index is 850. The fraction of sp³-hybridized carbons (Fsp3) is 0.364. The van der Waals surface area contributed by atoms with Gasteiger partial charge in [0.1, 0.15) is 5.82 Å². The minimum Gasteiger partial charge on any atom is -0.367 e. The van der Waals surface area contributed by atoms with E-state index in [1.54, 1.807) is 12.1 Å². The van der Waals surface area contributed by atoms with Gasteiger partial charge >= 0.3 is 0 Å². The monoisotopic (exact) mass is 381 g/mol. The van der Waals surface area contributed by atoms with E-state index >= 15 is 0 Å². The summed E-state index contributed by atoms with van der Waals surface area (Å²) in [5, 5.41) is 0. The lowest BCUT2D eigenvalue weighted by Crippen LogP contribution is -2.52. The van der Waals surface area contributed by atoms with Crippen LogP contribution in [-0.4, -0.2) is 60.4 Å². The Kier molecular flexibility index (Phi) is 5.39. The van der Waals surface area contributed by atoms with Crippen molar-refractivity contribution in [1.29, 1.82) is 0 Å². The second kappa shape index (κ2) is 8.10. The number of anilines is 1. The summed E-state index contributed by atoms with van der Waals surface area (Å²) in [6.07, 6.45) is 0.916. The van der Waals surface area contributed by atoms with Gasteiger partial charge in [0.15, 0.2) is 0 Å². The second-order valence-electron chi connectivity index (χ2n) is 7.31. The van der Waals surface area contributed by atoms with Crippen molar-refractivity contribution < 1.29 is 14.0 Å². The van der Waals surface area contributed by atoms with Crippen molar-refractivity contribution in [3.8, 4) is 0 Å². The van der Waals surface area contributed by atoms with Gasteiger partial charge in [0.05, 0.1) is 18.2 Å². The number of benzene rings is 2. The molecule has 2 fully saturated rings. The number of rotatable bonds is 5. The Morgan fingerprint density at radius 2 is 1.57 bits per heavy atom. The Morgan fingerprint density at radius 3 is 2.29 bits per heavy atom. The van der Waals surface area contributed by atoms with E-state index < -0.39 is 0 Å². The lowest BCUT2D eigenvalue weighted by molar-refractivity contribution is -0.139. The van der Waals surface area contributed by atoms with Gasteiger partial charge in [-0.15, -0.1) is 0 Å². The van der Waals surface area contributed by atoms with Crippen molar-refractivity contribution in [1.82, 2.24) is 9.80 Å². The third-order valence-electron chi connectivity index (χ3n) is 5.64. The van der Waals surface area contributed by atoms with Crippen LogP contribution in [-0.2, 0) is 16.0 Å². The SMILES string of the molecule is O=C1C[C@H](N2CCN(c3ccccc3F)CC2)C(=O)N1CCc1ccccc1. The normalized spacial score (nSPS) is 20.8. The highest BCUT2D eigenvalue weighted by molar-refractivity contribution is 6.05. The minimum absolute atomic E-state index is 0.0949. The number of amides is 2. The van der Waals surface area contributed by atoms with Crippen molar-refractivity contribution >= 4 is 17.5 Å². The molecule has 0 aliphatic carbocycles. The van der Waals surface area contributed by atoms with E-state index in [2.05, 4.69) is 4.90 Å². The van der Waals surface area contributed by atoms with E-state index in [0.29, 0.717) is 44.8 Å². The number of nitrogens with zero attached hydrogens (tertiary/aromatic N) is 3. The smallest absolute Gasteiger partial charge is 0.247 e. The van der Waals surface area contributed by atoms with E-state index in [1.165, 1.54) is 11.0 Å². The molecule has 28 heavy (non-hydrogen) atoms. The quantitative estimate of drug-likeness (QED) is 0.746. The summed E-state index contributed by atoms with van der Waals surface area (Å²) < 4.78 is 14.0. The van der Waals surface area contributed by atoms with Crippen molar-refractivity contribution in [3.05, 3.63) is 66.0 Å². The van der Waals surface area contributed by atoms with Gasteiger partial charge in [-0.1, -0.05) is 42.5 Å². The van der Waals surface area contributed by atoms with Crippen LogP contribution in [0.5, 0.6) is 0 Å². The summed E-state index contributed by atoms with van der Waals surface area (Å²) >= 11 is 0. The molecule has 0 radical (unpaired) electrons. The van der Waals surface area contributed by atoms with Gasteiger partial charge in [-0.3, -0.25) is 19.4 Å². The van der Waals surface area contributed by atoms with Gasteiger partial charge in [-0.2, -0.15) is 0 Å². The molecule has 0 aromatic heterocycles. The van der Waals surface area contributed by atoms with Crippen LogP contribution in [0.1, 0.15) is 12.0 Å². The average Bonchev–Trinajstić information content (AvgIpc) is 3.01. The maximum atomic E-state index is 14.0. The highest BCUT2D eigenvalue weighted by Crippen LogP contribution is 2.24. The first-order valence-electron chi connectivity index (χ1n) is 9.75. The number of para-hydroxylation sites is 1. The third kappa shape index (κ3) is 3.78. The molecule has 0 unspecified atom stereocenters. The molecular weight excluding hydrogens is 357 g/mol. The molecule has 2 amide bonds. The molecule has 146 valence electrons. The topological polar surface area (TPSA) is 43.9 Å². The number of hydrogen-bond acceptors (Lipinski definition) is 4. The molecule has 5 nitrogen and oxygen atoms in total. The van der Waals surface area contributed by atoms with E-state index in [-0.39, 0.29) is 30.1 Å². The molecular formula is C22H24FN3O2. The van der Waals surface area contributed by atoms with E-state index in [4.69, 9.17) is 0 Å². The zero-order valence-electron chi connectivity index (χ0n) is 15.8. The van der Waals surface area contributed by atoms with Crippen LogP contribution in [0, 0.1) is 5.82 Å². The van der Waals surface area contributed by atoms with Gasteiger partial charge in [0.25, 0.3) is 0 Å². The number of imide groups is 1. The van der Waals surface area contributed by atoms with Crippen molar-refractivity contribution in [2.45, 2.75) is 18.9 Å². The van der Waals surface area contributed by atoms with Crippen LogP contribution in [0.25, 0.3) is 0 Å². The number of hydrogen-bond donors (Lipinski definition) is 0. The molecule has 0 bridgehead atoms. The van der Waals surface area contributed by atoms with Crippen LogP contribution in [0.15, 0.2) is 54.6 Å². The average molecular weight is 381 g/mol. The first-order valence-corrected chi connectivity index (χ1v) is 9.75. The molecule has 2 saturated heterocycles. The van der Waals surface area contributed by atoms with Crippen LogP contribution >= 0.6 is 0 Å². The maximum Gasteiger partial charge on any atom is 0.247 e. The first-order chi connectivity index (χ1) is 13.6. The molecule has 6 heteroatoms. The summed E-state index contributed by atoms with van der Waals surface area (Å²) in [6, 6.07) is 16.2. The summed E-state index contributed by atoms with van der Waals surface area (Å²) in [6.45, 7) is 2.99. The van der Waals surface area contributed by atoms with Crippen molar-refractivity contribution in [2.24, 2.45) is 0 Å². The lowest BCUT2D eigenvalue weighted by Gasteiger charge is -2.38. The molecule has 2 aromatic carbocycles. The summed E-state index contributed by atoms with van der Waals surface area (Å²) in [5.41, 5.74) is 1.71. The number of halogens is 1. The highest BCUT2D eigenvalue weighted by atomic mass is 19.1.